The minimum Gasteiger partial charge on any atom is -0.384 e. The van der Waals surface area contributed by atoms with E-state index >= 15 is 0 Å². The van der Waals surface area contributed by atoms with Gasteiger partial charge in [0, 0.05) is 33.0 Å². The zero-order valence-electron chi connectivity index (χ0n) is 10.8. The molecule has 0 aliphatic carbocycles. The van der Waals surface area contributed by atoms with Crippen molar-refractivity contribution in [2.45, 2.75) is 24.8 Å². The van der Waals surface area contributed by atoms with Gasteiger partial charge in [-0.2, -0.15) is 0 Å². The van der Waals surface area contributed by atoms with Gasteiger partial charge in [0.2, 0.25) is 0 Å². The second-order valence-corrected chi connectivity index (χ2v) is 5.92. The van der Waals surface area contributed by atoms with Gasteiger partial charge in [-0.05, 0) is 26.0 Å². The van der Waals surface area contributed by atoms with Crippen LogP contribution in [0.1, 0.15) is 21.8 Å². The van der Waals surface area contributed by atoms with Gasteiger partial charge >= 0.3 is 0 Å². The molecule has 98 valence electrons. The van der Waals surface area contributed by atoms with Gasteiger partial charge in [-0.15, -0.1) is 11.3 Å². The van der Waals surface area contributed by atoms with E-state index in [1.165, 1.54) is 4.88 Å². The van der Waals surface area contributed by atoms with Gasteiger partial charge < -0.3 is 5.11 Å². The van der Waals surface area contributed by atoms with E-state index in [-0.39, 0.29) is 6.61 Å². The third-order valence-electron chi connectivity index (χ3n) is 2.27. The summed E-state index contributed by atoms with van der Waals surface area (Å²) in [4.78, 5) is 10.0. The molecule has 2 heterocycles. The van der Waals surface area contributed by atoms with Crippen LogP contribution >= 0.6 is 23.1 Å². The molecule has 0 saturated heterocycles. The Morgan fingerprint density at radius 2 is 2.00 bits per heavy atom. The molecular weight excluding hydrogens is 276 g/mol. The summed E-state index contributed by atoms with van der Waals surface area (Å²) in [6.45, 7) is 3.86. The van der Waals surface area contributed by atoms with Crippen LogP contribution in [-0.2, 0) is 5.75 Å². The normalized spacial score (nSPS) is 10.1. The van der Waals surface area contributed by atoms with Gasteiger partial charge in [0.15, 0.2) is 5.16 Å². The number of rotatable bonds is 3. The van der Waals surface area contributed by atoms with Crippen LogP contribution in [0.15, 0.2) is 22.7 Å². The van der Waals surface area contributed by atoms with Crippen molar-refractivity contribution in [2.75, 3.05) is 6.61 Å². The number of hydrogen-bond acceptors (Lipinski definition) is 5. The number of aliphatic hydroxyl groups excluding tert-OH is 1. The fourth-order valence-electron chi connectivity index (χ4n) is 1.56. The van der Waals surface area contributed by atoms with Crippen molar-refractivity contribution in [3.05, 3.63) is 39.3 Å². The number of aliphatic hydroxyl groups is 1. The van der Waals surface area contributed by atoms with Gasteiger partial charge in [0.05, 0.1) is 0 Å². The van der Waals surface area contributed by atoms with E-state index in [2.05, 4.69) is 21.8 Å². The third kappa shape index (κ3) is 4.35. The van der Waals surface area contributed by atoms with Crippen LogP contribution in [0, 0.1) is 25.7 Å². The van der Waals surface area contributed by atoms with E-state index in [1.54, 1.807) is 23.1 Å². The standard InChI is InChI=1S/C14H14N2OS2/c1-10-6-11(2)16-14(15-10)19-9-13-7-12(8-18-13)4-3-5-17/h6-8,17H,5,9H2,1-2H3. The van der Waals surface area contributed by atoms with Crippen LogP contribution in [0.2, 0.25) is 0 Å². The first-order valence-corrected chi connectivity index (χ1v) is 7.66. The van der Waals surface area contributed by atoms with E-state index in [4.69, 9.17) is 5.11 Å². The number of nitrogens with zero attached hydrogens (tertiary/aromatic N) is 2. The molecule has 1 N–H and O–H groups in total. The minimum atomic E-state index is -0.101. The van der Waals surface area contributed by atoms with Gasteiger partial charge in [-0.25, -0.2) is 9.97 Å². The Labute approximate surface area is 121 Å². The zero-order chi connectivity index (χ0) is 13.7. The fraction of sp³-hybridized carbons (Fsp3) is 0.286. The summed E-state index contributed by atoms with van der Waals surface area (Å²) in [7, 11) is 0. The number of aryl methyl sites for hydroxylation is 2. The molecular formula is C14H14N2OS2. The number of aromatic nitrogens is 2. The second kappa shape index (κ2) is 6.71. The summed E-state index contributed by atoms with van der Waals surface area (Å²) >= 11 is 3.30. The smallest absolute Gasteiger partial charge is 0.188 e. The monoisotopic (exact) mass is 290 g/mol. The Hall–Kier alpha value is -1.35. The van der Waals surface area contributed by atoms with E-state index < -0.39 is 0 Å². The Kier molecular flexibility index (Phi) is 4.97. The molecule has 0 aliphatic heterocycles. The third-order valence-corrected chi connectivity index (χ3v) is 4.29. The molecule has 19 heavy (non-hydrogen) atoms. The largest absolute Gasteiger partial charge is 0.384 e. The lowest BCUT2D eigenvalue weighted by atomic mass is 10.3. The maximum absolute atomic E-state index is 8.65. The van der Waals surface area contributed by atoms with E-state index in [9.17, 15) is 0 Å². The average molecular weight is 290 g/mol. The second-order valence-electron chi connectivity index (χ2n) is 3.98. The Morgan fingerprint density at radius 3 is 2.68 bits per heavy atom. The maximum atomic E-state index is 8.65. The highest BCUT2D eigenvalue weighted by molar-refractivity contribution is 7.98. The quantitative estimate of drug-likeness (QED) is 0.536. The Balaban J connectivity index is 2.00. The first-order chi connectivity index (χ1) is 9.17. The molecule has 0 radical (unpaired) electrons. The molecule has 0 fully saturated rings. The number of thioether (sulfide) groups is 1. The highest BCUT2D eigenvalue weighted by Crippen LogP contribution is 2.24. The van der Waals surface area contributed by atoms with Crippen molar-refractivity contribution in [1.29, 1.82) is 0 Å². The lowest BCUT2D eigenvalue weighted by molar-refractivity contribution is 0.350. The highest BCUT2D eigenvalue weighted by Gasteiger charge is 2.03. The van der Waals surface area contributed by atoms with Crippen molar-refractivity contribution in [3.63, 3.8) is 0 Å². The summed E-state index contributed by atoms with van der Waals surface area (Å²) in [6, 6.07) is 4.01. The fourth-order valence-corrected chi connectivity index (χ4v) is 3.38. The lowest BCUT2D eigenvalue weighted by Crippen LogP contribution is -1.92. The van der Waals surface area contributed by atoms with E-state index in [0.717, 1.165) is 27.9 Å². The molecule has 3 nitrogen and oxygen atoms in total. The molecule has 0 spiro atoms. The Bertz CT molecular complexity index is 606. The molecule has 0 atom stereocenters. The molecule has 0 saturated carbocycles. The molecule has 2 aromatic rings. The van der Waals surface area contributed by atoms with Gasteiger partial charge in [0.25, 0.3) is 0 Å². The average Bonchev–Trinajstić information content (AvgIpc) is 2.81. The topological polar surface area (TPSA) is 46.0 Å². The predicted octanol–water partition coefficient (Wildman–Crippen LogP) is 2.79. The first kappa shape index (κ1) is 14.1. The van der Waals surface area contributed by atoms with Crippen LogP contribution in [0.3, 0.4) is 0 Å². The van der Waals surface area contributed by atoms with Crippen LogP contribution in [0.25, 0.3) is 0 Å². The molecule has 0 bridgehead atoms. The van der Waals surface area contributed by atoms with Crippen molar-refractivity contribution in [1.82, 2.24) is 9.97 Å². The minimum absolute atomic E-state index is 0.101. The summed E-state index contributed by atoms with van der Waals surface area (Å²) in [5, 5.41) is 11.5. The van der Waals surface area contributed by atoms with Crippen LogP contribution in [0.4, 0.5) is 0 Å². The zero-order valence-corrected chi connectivity index (χ0v) is 12.4. The molecule has 0 unspecified atom stereocenters. The maximum Gasteiger partial charge on any atom is 0.188 e. The molecule has 5 heteroatoms. The van der Waals surface area contributed by atoms with Gasteiger partial charge in [0.1, 0.15) is 6.61 Å². The summed E-state index contributed by atoms with van der Waals surface area (Å²) in [5.74, 6) is 6.39. The van der Waals surface area contributed by atoms with Crippen LogP contribution in [0.5, 0.6) is 0 Å². The highest BCUT2D eigenvalue weighted by atomic mass is 32.2. The number of hydrogen-bond donors (Lipinski definition) is 1. The number of thiophene rings is 1. The van der Waals surface area contributed by atoms with Crippen LogP contribution < -0.4 is 0 Å². The van der Waals surface area contributed by atoms with Crippen molar-refractivity contribution in [2.24, 2.45) is 0 Å². The van der Waals surface area contributed by atoms with Crippen molar-refractivity contribution >= 4 is 23.1 Å². The lowest BCUT2D eigenvalue weighted by Gasteiger charge is -2.01. The van der Waals surface area contributed by atoms with Crippen LogP contribution in [-0.4, -0.2) is 21.7 Å². The summed E-state index contributed by atoms with van der Waals surface area (Å²) in [6.07, 6.45) is 0. The van der Waals surface area contributed by atoms with E-state index in [0.29, 0.717) is 0 Å². The summed E-state index contributed by atoms with van der Waals surface area (Å²) in [5.41, 5.74) is 2.95. The Morgan fingerprint density at radius 1 is 1.26 bits per heavy atom. The molecule has 0 aliphatic rings. The van der Waals surface area contributed by atoms with Gasteiger partial charge in [-0.3, -0.25) is 0 Å². The molecule has 2 rings (SSSR count). The van der Waals surface area contributed by atoms with Crippen molar-refractivity contribution < 1.29 is 5.11 Å². The molecule has 0 aromatic carbocycles. The summed E-state index contributed by atoms with van der Waals surface area (Å²) < 4.78 is 0. The van der Waals surface area contributed by atoms with Crippen molar-refractivity contribution in [3.8, 4) is 11.8 Å². The molecule has 0 amide bonds. The first-order valence-electron chi connectivity index (χ1n) is 5.79. The predicted molar refractivity (Wildman–Crippen MR) is 79.3 cm³/mol. The molecule has 2 aromatic heterocycles. The van der Waals surface area contributed by atoms with E-state index in [1.807, 2.05) is 31.4 Å². The SMILES string of the molecule is Cc1cc(C)nc(SCc2cc(C#CCO)cs2)n1. The van der Waals surface area contributed by atoms with Gasteiger partial charge in [-0.1, -0.05) is 23.6 Å².